The average Bonchev–Trinajstić information content (AvgIpc) is 2.63. The Morgan fingerprint density at radius 2 is 1.71 bits per heavy atom. The summed E-state index contributed by atoms with van der Waals surface area (Å²) in [5.74, 6) is 0. The number of nitrogens with zero attached hydrogens (tertiary/aromatic N) is 1. The van der Waals surface area contributed by atoms with Gasteiger partial charge in [-0.05, 0) is 49.4 Å². The maximum absolute atomic E-state index is 12.8. The van der Waals surface area contributed by atoms with Crippen molar-refractivity contribution in [2.75, 3.05) is 10.6 Å². The third-order valence-electron chi connectivity index (χ3n) is 3.92. The van der Waals surface area contributed by atoms with E-state index < -0.39 is 17.8 Å². The van der Waals surface area contributed by atoms with Crippen molar-refractivity contribution in [1.82, 2.24) is 4.98 Å². The Morgan fingerprint density at radius 1 is 1.00 bits per heavy atom. The summed E-state index contributed by atoms with van der Waals surface area (Å²) in [5, 5.41) is 5.60. The number of halogens is 4. The number of carbonyl (C=O) groups is 1. The largest absolute Gasteiger partial charge is 0.416 e. The molecule has 3 aromatic rings. The molecule has 1 heterocycles. The lowest BCUT2D eigenvalue weighted by Crippen LogP contribution is -2.20. The van der Waals surface area contributed by atoms with E-state index in [-0.39, 0.29) is 5.69 Å². The number of anilines is 2. The molecule has 8 heteroatoms. The van der Waals surface area contributed by atoms with Gasteiger partial charge in [-0.1, -0.05) is 29.8 Å². The minimum absolute atomic E-state index is 0.0377. The van der Waals surface area contributed by atoms with E-state index in [9.17, 15) is 18.0 Å². The van der Waals surface area contributed by atoms with Crippen LogP contribution >= 0.6 is 11.6 Å². The molecule has 0 saturated heterocycles. The van der Waals surface area contributed by atoms with Crippen LogP contribution in [0.2, 0.25) is 5.02 Å². The van der Waals surface area contributed by atoms with Crippen molar-refractivity contribution in [3.63, 3.8) is 0 Å². The van der Waals surface area contributed by atoms with Crippen molar-refractivity contribution in [2.45, 2.75) is 13.1 Å². The first kappa shape index (κ1) is 19.7. The molecule has 0 aliphatic carbocycles. The Labute approximate surface area is 164 Å². The molecule has 2 aromatic carbocycles. The van der Waals surface area contributed by atoms with Crippen LogP contribution in [0.25, 0.3) is 11.3 Å². The number of benzene rings is 2. The zero-order chi connectivity index (χ0) is 20.3. The molecule has 0 spiro atoms. The van der Waals surface area contributed by atoms with Crippen molar-refractivity contribution in [3.05, 3.63) is 76.9 Å². The smallest absolute Gasteiger partial charge is 0.308 e. The first-order chi connectivity index (χ1) is 13.2. The van der Waals surface area contributed by atoms with Crippen molar-refractivity contribution in [3.8, 4) is 11.3 Å². The number of alkyl halides is 3. The van der Waals surface area contributed by atoms with Gasteiger partial charge in [-0.2, -0.15) is 13.2 Å². The molecule has 0 aliphatic rings. The number of pyridine rings is 1. The molecular weight excluding hydrogens is 391 g/mol. The van der Waals surface area contributed by atoms with Gasteiger partial charge in [0.05, 0.1) is 22.6 Å². The number of carbonyl (C=O) groups excluding carboxylic acids is 1. The van der Waals surface area contributed by atoms with Gasteiger partial charge < -0.3 is 10.6 Å². The Morgan fingerprint density at radius 3 is 2.36 bits per heavy atom. The number of aromatic nitrogens is 1. The highest BCUT2D eigenvalue weighted by atomic mass is 35.5. The van der Waals surface area contributed by atoms with Gasteiger partial charge in [0.2, 0.25) is 0 Å². The fraction of sp³-hybridized carbons (Fsp3) is 0.100. The maximum atomic E-state index is 12.8. The summed E-state index contributed by atoms with van der Waals surface area (Å²) in [6, 6.07) is 14.3. The van der Waals surface area contributed by atoms with E-state index in [4.69, 9.17) is 11.6 Å². The molecule has 28 heavy (non-hydrogen) atoms. The molecular formula is C20H15ClF3N3O. The molecule has 0 saturated carbocycles. The highest BCUT2D eigenvalue weighted by molar-refractivity contribution is 6.30. The summed E-state index contributed by atoms with van der Waals surface area (Å²) in [4.78, 5) is 16.6. The Hall–Kier alpha value is -3.06. The van der Waals surface area contributed by atoms with Gasteiger partial charge in [-0.15, -0.1) is 0 Å². The molecule has 2 amide bonds. The monoisotopic (exact) mass is 405 g/mol. The minimum atomic E-state index is -4.48. The summed E-state index contributed by atoms with van der Waals surface area (Å²) < 4.78 is 38.3. The summed E-state index contributed by atoms with van der Waals surface area (Å²) in [5.41, 5.74) is 1.78. The van der Waals surface area contributed by atoms with E-state index in [1.54, 1.807) is 31.2 Å². The molecule has 0 fully saturated rings. The number of rotatable bonds is 3. The van der Waals surface area contributed by atoms with E-state index in [0.29, 0.717) is 22.1 Å². The van der Waals surface area contributed by atoms with Crippen LogP contribution in [0.5, 0.6) is 0 Å². The van der Waals surface area contributed by atoms with Crippen LogP contribution in [0.3, 0.4) is 0 Å². The van der Waals surface area contributed by atoms with Crippen molar-refractivity contribution in [2.24, 2.45) is 0 Å². The Bertz CT molecular complexity index is 1000. The van der Waals surface area contributed by atoms with Gasteiger partial charge in [0.1, 0.15) is 0 Å². The standard InChI is InChI=1S/C20H15ClF3N3O/c1-12-17(9-10-18(25-12)13-5-7-15(21)8-6-13)27-19(28)26-16-4-2-3-14(11-16)20(22,23)24/h2-11H,1H3,(H2,26,27,28). The van der Waals surface area contributed by atoms with Gasteiger partial charge >= 0.3 is 12.2 Å². The lowest BCUT2D eigenvalue weighted by atomic mass is 10.1. The second-order valence-corrected chi connectivity index (χ2v) is 6.43. The minimum Gasteiger partial charge on any atom is -0.308 e. The lowest BCUT2D eigenvalue weighted by Gasteiger charge is -2.12. The second-order valence-electron chi connectivity index (χ2n) is 5.99. The molecule has 0 aliphatic heterocycles. The number of hydrogen-bond acceptors (Lipinski definition) is 2. The molecule has 0 bridgehead atoms. The van der Waals surface area contributed by atoms with Gasteiger partial charge in [0.15, 0.2) is 0 Å². The lowest BCUT2D eigenvalue weighted by molar-refractivity contribution is -0.137. The third-order valence-corrected chi connectivity index (χ3v) is 4.17. The van der Waals surface area contributed by atoms with E-state index in [1.807, 2.05) is 12.1 Å². The third kappa shape index (κ3) is 4.80. The molecule has 144 valence electrons. The van der Waals surface area contributed by atoms with Crippen molar-refractivity contribution in [1.29, 1.82) is 0 Å². The fourth-order valence-corrected chi connectivity index (χ4v) is 2.66. The predicted molar refractivity (Wildman–Crippen MR) is 104 cm³/mol. The van der Waals surface area contributed by atoms with Crippen LogP contribution in [0.15, 0.2) is 60.7 Å². The topological polar surface area (TPSA) is 54.0 Å². The van der Waals surface area contributed by atoms with E-state index >= 15 is 0 Å². The number of aryl methyl sites for hydroxylation is 1. The fourth-order valence-electron chi connectivity index (χ4n) is 2.53. The molecule has 0 unspecified atom stereocenters. The van der Waals surface area contributed by atoms with Crippen LogP contribution < -0.4 is 10.6 Å². The molecule has 0 radical (unpaired) electrons. The number of hydrogen-bond donors (Lipinski definition) is 2. The predicted octanol–water partition coefficient (Wildman–Crippen LogP) is 6.37. The van der Waals surface area contributed by atoms with Crippen LogP contribution in [-0.2, 0) is 6.18 Å². The van der Waals surface area contributed by atoms with Crippen molar-refractivity contribution < 1.29 is 18.0 Å². The molecule has 3 rings (SSSR count). The zero-order valence-corrected chi connectivity index (χ0v) is 15.4. The summed E-state index contributed by atoms with van der Waals surface area (Å²) in [6.45, 7) is 1.72. The highest BCUT2D eigenvalue weighted by Gasteiger charge is 2.30. The first-order valence-electron chi connectivity index (χ1n) is 8.21. The quantitative estimate of drug-likeness (QED) is 0.531. The highest BCUT2D eigenvalue weighted by Crippen LogP contribution is 2.30. The second kappa shape index (κ2) is 7.90. The number of nitrogens with one attached hydrogen (secondary N) is 2. The Kier molecular flexibility index (Phi) is 5.56. The zero-order valence-electron chi connectivity index (χ0n) is 14.6. The van der Waals surface area contributed by atoms with Crippen LogP contribution in [0.4, 0.5) is 29.3 Å². The summed E-state index contributed by atoms with van der Waals surface area (Å²) >= 11 is 5.88. The molecule has 0 atom stereocenters. The molecule has 1 aromatic heterocycles. The van der Waals surface area contributed by atoms with Gasteiger partial charge in [-0.3, -0.25) is 4.98 Å². The van der Waals surface area contributed by atoms with Crippen LogP contribution in [0.1, 0.15) is 11.3 Å². The number of urea groups is 1. The van der Waals surface area contributed by atoms with Gasteiger partial charge in [0.25, 0.3) is 0 Å². The van der Waals surface area contributed by atoms with E-state index in [1.165, 1.54) is 12.1 Å². The summed E-state index contributed by atoms with van der Waals surface area (Å²) in [7, 11) is 0. The van der Waals surface area contributed by atoms with Gasteiger partial charge in [0, 0.05) is 16.3 Å². The number of amides is 2. The van der Waals surface area contributed by atoms with Gasteiger partial charge in [-0.25, -0.2) is 4.79 Å². The SMILES string of the molecule is Cc1nc(-c2ccc(Cl)cc2)ccc1NC(=O)Nc1cccc(C(F)(F)F)c1. The van der Waals surface area contributed by atoms with Crippen LogP contribution in [-0.4, -0.2) is 11.0 Å². The summed E-state index contributed by atoms with van der Waals surface area (Å²) in [6.07, 6.45) is -4.48. The Balaban J connectivity index is 1.71. The van der Waals surface area contributed by atoms with Crippen molar-refractivity contribution >= 4 is 29.0 Å². The first-order valence-corrected chi connectivity index (χ1v) is 8.59. The normalized spacial score (nSPS) is 11.2. The molecule has 2 N–H and O–H groups in total. The van der Waals surface area contributed by atoms with E-state index in [0.717, 1.165) is 17.7 Å². The van der Waals surface area contributed by atoms with Crippen LogP contribution in [0, 0.1) is 6.92 Å². The average molecular weight is 406 g/mol. The maximum Gasteiger partial charge on any atom is 0.416 e. The van der Waals surface area contributed by atoms with E-state index in [2.05, 4.69) is 15.6 Å². The molecule has 4 nitrogen and oxygen atoms in total.